The van der Waals surface area contributed by atoms with E-state index in [9.17, 15) is 4.55 Å². The number of rotatable bonds is 3. The van der Waals surface area contributed by atoms with E-state index in [-0.39, 0.29) is 16.9 Å². The summed E-state index contributed by atoms with van der Waals surface area (Å²) in [4.78, 5) is 12.6. The van der Waals surface area contributed by atoms with Crippen LogP contribution >= 0.6 is 0 Å². The molecule has 1 saturated heterocycles. The van der Waals surface area contributed by atoms with Crippen molar-refractivity contribution in [2.45, 2.75) is 17.6 Å². The first kappa shape index (κ1) is 14.0. The smallest absolute Gasteiger partial charge is 0.343 e. The fourth-order valence-corrected chi connectivity index (χ4v) is 2.58. The highest BCUT2D eigenvalue weighted by Crippen LogP contribution is 2.23. The number of nitrogens with one attached hydrogen (secondary N) is 1. The van der Waals surface area contributed by atoms with Crippen molar-refractivity contribution in [1.82, 2.24) is 15.0 Å². The average Bonchev–Trinajstić information content (AvgIpc) is 2.99. The predicted molar refractivity (Wildman–Crippen MR) is 77.2 cm³/mol. The number of ether oxygens (including phenoxy) is 1. The van der Waals surface area contributed by atoms with E-state index >= 15 is 0 Å². The third kappa shape index (κ3) is 2.90. The van der Waals surface area contributed by atoms with Gasteiger partial charge in [0.05, 0.1) is 12.6 Å². The van der Waals surface area contributed by atoms with Crippen LogP contribution in [0.1, 0.15) is 12.1 Å². The molecule has 0 bridgehead atoms. The molecular weight excluding hydrogens is 290 g/mol. The normalized spacial score (nSPS) is 19.4. The first-order chi connectivity index (χ1) is 10.2. The molecule has 0 radical (unpaired) electrons. The van der Waals surface area contributed by atoms with Crippen LogP contribution in [-0.4, -0.2) is 45.0 Å². The molecule has 3 heterocycles. The quantitative estimate of drug-likeness (QED) is 0.661. The largest absolute Gasteiger partial charge is 0.609 e. The average molecular weight is 303 g/mol. The summed E-state index contributed by atoms with van der Waals surface area (Å²) in [6.45, 7) is 1.30. The second-order valence-corrected chi connectivity index (χ2v) is 5.99. The molecule has 21 heavy (non-hydrogen) atoms. The van der Waals surface area contributed by atoms with Crippen LogP contribution in [0, 0.1) is 11.3 Å². The Kier molecular flexibility index (Phi) is 3.88. The van der Waals surface area contributed by atoms with E-state index in [1.54, 1.807) is 12.3 Å². The Morgan fingerprint density at radius 1 is 1.52 bits per heavy atom. The summed E-state index contributed by atoms with van der Waals surface area (Å²) in [6, 6.07) is 3.78. The molecule has 0 amide bonds. The lowest BCUT2D eigenvalue weighted by molar-refractivity contribution is 0.195. The Labute approximate surface area is 124 Å². The molecule has 8 heteroatoms. The summed E-state index contributed by atoms with van der Waals surface area (Å²) in [6.07, 6.45) is 3.96. The summed E-state index contributed by atoms with van der Waals surface area (Å²) in [5.74, 6) is 0.508. The molecule has 0 aliphatic carbocycles. The molecule has 0 spiro atoms. The van der Waals surface area contributed by atoms with Crippen molar-refractivity contribution in [3.05, 3.63) is 18.0 Å². The van der Waals surface area contributed by atoms with Crippen molar-refractivity contribution < 1.29 is 9.29 Å². The highest BCUT2D eigenvalue weighted by atomic mass is 32.2. The van der Waals surface area contributed by atoms with E-state index < -0.39 is 11.2 Å². The van der Waals surface area contributed by atoms with Crippen LogP contribution < -0.4 is 5.32 Å². The molecular formula is C13H13N5O2S. The van der Waals surface area contributed by atoms with E-state index in [1.807, 2.05) is 6.07 Å². The molecule has 7 nitrogen and oxygen atoms in total. The van der Waals surface area contributed by atoms with E-state index in [4.69, 9.17) is 10.00 Å². The van der Waals surface area contributed by atoms with Crippen molar-refractivity contribution in [1.29, 1.82) is 5.26 Å². The number of fused-ring (bicyclic) bond motifs is 1. The van der Waals surface area contributed by atoms with Crippen molar-refractivity contribution in [2.24, 2.45) is 0 Å². The van der Waals surface area contributed by atoms with Crippen molar-refractivity contribution in [2.75, 3.05) is 24.8 Å². The van der Waals surface area contributed by atoms with Gasteiger partial charge in [0, 0.05) is 29.4 Å². The van der Waals surface area contributed by atoms with E-state index in [0.29, 0.717) is 29.9 Å². The molecule has 3 rings (SSSR count). The van der Waals surface area contributed by atoms with E-state index in [1.165, 1.54) is 6.26 Å². The van der Waals surface area contributed by atoms with Crippen LogP contribution in [-0.2, 0) is 15.9 Å². The maximum atomic E-state index is 11.5. The minimum absolute atomic E-state index is 0.139. The Morgan fingerprint density at radius 2 is 2.38 bits per heavy atom. The predicted octanol–water partition coefficient (Wildman–Crippen LogP) is 0.835. The van der Waals surface area contributed by atoms with Gasteiger partial charge < -0.3 is 14.6 Å². The van der Waals surface area contributed by atoms with Gasteiger partial charge in [0.15, 0.2) is 5.82 Å². The molecule has 0 aromatic carbocycles. The SMILES string of the molecule is C[S+]([O-])c1ncc2cc(C#N)nc(NC3CCOC3)c2n1. The number of hydrogen-bond acceptors (Lipinski definition) is 7. The lowest BCUT2D eigenvalue weighted by Gasteiger charge is -2.13. The van der Waals surface area contributed by atoms with Gasteiger partial charge in [-0.05, 0) is 12.5 Å². The van der Waals surface area contributed by atoms with Gasteiger partial charge in [-0.1, -0.05) is 0 Å². The van der Waals surface area contributed by atoms with Crippen molar-refractivity contribution in [3.8, 4) is 6.07 Å². The summed E-state index contributed by atoms with van der Waals surface area (Å²) in [7, 11) is 0. The molecule has 1 fully saturated rings. The molecule has 1 aliphatic rings. The number of nitrogens with zero attached hydrogens (tertiary/aromatic N) is 4. The lowest BCUT2D eigenvalue weighted by atomic mass is 10.2. The summed E-state index contributed by atoms with van der Waals surface area (Å²) in [5, 5.41) is 13.3. The first-order valence-corrected chi connectivity index (χ1v) is 7.99. The molecule has 0 saturated carbocycles. The number of pyridine rings is 1. The van der Waals surface area contributed by atoms with Gasteiger partial charge in [0.1, 0.15) is 23.5 Å². The fourth-order valence-electron chi connectivity index (χ4n) is 2.16. The summed E-state index contributed by atoms with van der Waals surface area (Å²) in [5.41, 5.74) is 0.860. The molecule has 108 valence electrons. The number of nitriles is 1. The van der Waals surface area contributed by atoms with Crippen LogP contribution in [0.4, 0.5) is 5.82 Å². The minimum Gasteiger partial charge on any atom is -0.609 e. The fraction of sp³-hybridized carbons (Fsp3) is 0.385. The molecule has 2 aromatic heterocycles. The van der Waals surface area contributed by atoms with Gasteiger partial charge in [0.2, 0.25) is 0 Å². The maximum Gasteiger partial charge on any atom is 0.343 e. The maximum absolute atomic E-state index is 11.5. The Hall–Kier alpha value is -1.95. The third-order valence-corrected chi connectivity index (χ3v) is 3.90. The van der Waals surface area contributed by atoms with E-state index in [0.717, 1.165) is 6.42 Å². The van der Waals surface area contributed by atoms with Gasteiger partial charge >= 0.3 is 5.16 Å². The second-order valence-electron chi connectivity index (χ2n) is 4.72. The lowest BCUT2D eigenvalue weighted by Crippen LogP contribution is -2.20. The minimum atomic E-state index is -1.27. The highest BCUT2D eigenvalue weighted by Gasteiger charge is 2.19. The van der Waals surface area contributed by atoms with Crippen LogP contribution in [0.3, 0.4) is 0 Å². The van der Waals surface area contributed by atoms with Crippen LogP contribution in [0.2, 0.25) is 0 Å². The van der Waals surface area contributed by atoms with Gasteiger partial charge in [0.25, 0.3) is 0 Å². The standard InChI is InChI=1S/C13H13N5O2S/c1-21(19)13-15-6-8-4-10(5-14)17-12(11(8)18-13)16-9-2-3-20-7-9/h4,6,9H,2-3,7H2,1H3,(H,16,17). The zero-order valence-electron chi connectivity index (χ0n) is 11.4. The van der Waals surface area contributed by atoms with E-state index in [2.05, 4.69) is 20.3 Å². The zero-order chi connectivity index (χ0) is 14.8. The number of anilines is 1. The monoisotopic (exact) mass is 303 g/mol. The third-order valence-electron chi connectivity index (χ3n) is 3.19. The van der Waals surface area contributed by atoms with Gasteiger partial charge in [-0.15, -0.1) is 0 Å². The Balaban J connectivity index is 2.09. The zero-order valence-corrected chi connectivity index (χ0v) is 12.2. The molecule has 1 aliphatic heterocycles. The highest BCUT2D eigenvalue weighted by molar-refractivity contribution is 7.90. The van der Waals surface area contributed by atoms with Gasteiger partial charge in [-0.25, -0.2) is 4.98 Å². The van der Waals surface area contributed by atoms with Gasteiger partial charge in [-0.3, -0.25) is 0 Å². The van der Waals surface area contributed by atoms with Gasteiger partial charge in [-0.2, -0.15) is 15.2 Å². The molecule has 2 unspecified atom stereocenters. The Bertz CT molecular complexity index is 710. The molecule has 1 N–H and O–H groups in total. The van der Waals surface area contributed by atoms with Crippen LogP contribution in [0.15, 0.2) is 17.4 Å². The molecule has 2 atom stereocenters. The first-order valence-electron chi connectivity index (χ1n) is 6.43. The molecule has 2 aromatic rings. The van der Waals surface area contributed by atoms with Crippen molar-refractivity contribution in [3.63, 3.8) is 0 Å². The summed E-state index contributed by atoms with van der Waals surface area (Å²) < 4.78 is 16.9. The van der Waals surface area contributed by atoms with Crippen LogP contribution in [0.5, 0.6) is 0 Å². The second kappa shape index (κ2) is 5.81. The summed E-state index contributed by atoms with van der Waals surface area (Å²) >= 11 is -1.27. The topological polar surface area (TPSA) is 107 Å². The van der Waals surface area contributed by atoms with Crippen LogP contribution in [0.25, 0.3) is 10.9 Å². The van der Waals surface area contributed by atoms with Crippen molar-refractivity contribution >= 4 is 27.9 Å². The number of hydrogen-bond donors (Lipinski definition) is 1. The number of aromatic nitrogens is 3. The Morgan fingerprint density at radius 3 is 3.05 bits per heavy atom.